The first-order chi connectivity index (χ1) is 12.7. The van der Waals surface area contributed by atoms with Crippen LogP contribution in [0.25, 0.3) is 10.4 Å². The zero-order valence-electron chi connectivity index (χ0n) is 14.5. The number of amides is 1. The minimum Gasteiger partial charge on any atom is -0.353 e. The van der Waals surface area contributed by atoms with Gasteiger partial charge in [0, 0.05) is 11.5 Å². The van der Waals surface area contributed by atoms with E-state index >= 15 is 0 Å². The van der Waals surface area contributed by atoms with Gasteiger partial charge in [-0.25, -0.2) is 0 Å². The second-order valence-electron chi connectivity index (χ2n) is 6.74. The maximum Gasteiger partial charge on any atom is 0.261 e. The van der Waals surface area contributed by atoms with Crippen LogP contribution in [0.3, 0.4) is 0 Å². The molecule has 2 aromatic carbocycles. The van der Waals surface area contributed by atoms with Crippen molar-refractivity contribution in [3.8, 4) is 0 Å². The summed E-state index contributed by atoms with van der Waals surface area (Å²) >= 11 is 0. The molecule has 2 heterocycles. The van der Waals surface area contributed by atoms with Crippen molar-refractivity contribution in [1.29, 1.82) is 0 Å². The number of hydrogen-bond donors (Lipinski definition) is 0. The fourth-order valence-electron chi connectivity index (χ4n) is 3.99. The number of likely N-dealkylation sites (tertiary alicyclic amines) is 1. The van der Waals surface area contributed by atoms with E-state index in [0.717, 1.165) is 11.1 Å². The van der Waals surface area contributed by atoms with Gasteiger partial charge in [-0.3, -0.25) is 4.79 Å². The Hall–Kier alpha value is -2.82. The number of hydrogen-bond acceptors (Lipinski definition) is 3. The van der Waals surface area contributed by atoms with Crippen molar-refractivity contribution in [2.45, 2.75) is 43.7 Å². The molecule has 0 aliphatic carbocycles. The van der Waals surface area contributed by atoms with Crippen LogP contribution in [0.1, 0.15) is 30.5 Å². The van der Waals surface area contributed by atoms with E-state index in [0.29, 0.717) is 13.0 Å². The quantitative estimate of drug-likeness (QED) is 0.260. The summed E-state index contributed by atoms with van der Waals surface area (Å²) in [5.74, 6) is -0.0215. The molecule has 1 amide bonds. The van der Waals surface area contributed by atoms with E-state index in [9.17, 15) is 4.79 Å². The second-order valence-corrected chi connectivity index (χ2v) is 6.74. The van der Waals surface area contributed by atoms with Crippen molar-refractivity contribution < 1.29 is 9.53 Å². The zero-order valence-corrected chi connectivity index (χ0v) is 14.5. The van der Waals surface area contributed by atoms with Gasteiger partial charge in [0.2, 0.25) is 0 Å². The number of nitrogens with zero attached hydrogens (tertiary/aromatic N) is 4. The van der Waals surface area contributed by atoms with Crippen LogP contribution in [-0.2, 0) is 16.1 Å². The fraction of sp³-hybridized carbons (Fsp3) is 0.350. The molecule has 4 rings (SSSR count). The van der Waals surface area contributed by atoms with Crippen LogP contribution in [0.4, 0.5) is 0 Å². The highest BCUT2D eigenvalue weighted by Crippen LogP contribution is 2.60. The summed E-state index contributed by atoms with van der Waals surface area (Å²) in [6.07, 6.45) is 0.289. The molecule has 0 unspecified atom stereocenters. The highest BCUT2D eigenvalue weighted by Gasteiger charge is 2.78. The highest BCUT2D eigenvalue weighted by molar-refractivity contribution is 5.97. The van der Waals surface area contributed by atoms with Gasteiger partial charge < -0.3 is 9.64 Å². The SMILES string of the molecule is CC[C@@H](N=[N+]=[N-])[C@H]1O[C@@]12C(=O)N(Cc1ccccc1)[C@H]2c1ccccc1. The number of carbonyl (C=O) groups excluding carboxylic acids is 1. The third kappa shape index (κ3) is 2.46. The number of β-lactam (4-membered cyclic amide) rings is 1. The fourth-order valence-corrected chi connectivity index (χ4v) is 3.99. The molecule has 2 aromatic rings. The molecule has 2 saturated heterocycles. The molecule has 0 radical (unpaired) electrons. The third-order valence-electron chi connectivity index (χ3n) is 5.28. The van der Waals surface area contributed by atoms with Gasteiger partial charge in [0.15, 0.2) is 5.60 Å². The van der Waals surface area contributed by atoms with E-state index in [1.54, 1.807) is 0 Å². The van der Waals surface area contributed by atoms with E-state index in [2.05, 4.69) is 10.0 Å². The molecule has 4 atom stereocenters. The average molecular weight is 348 g/mol. The lowest BCUT2D eigenvalue weighted by Crippen LogP contribution is -2.63. The van der Waals surface area contributed by atoms with Gasteiger partial charge >= 0.3 is 0 Å². The predicted octanol–water partition coefficient (Wildman–Crippen LogP) is 4.00. The molecular formula is C20H20N4O2. The van der Waals surface area contributed by atoms with E-state index in [4.69, 9.17) is 10.3 Å². The van der Waals surface area contributed by atoms with Crippen LogP contribution in [0.15, 0.2) is 65.8 Å². The van der Waals surface area contributed by atoms with Crippen molar-refractivity contribution >= 4 is 5.91 Å². The Balaban J connectivity index is 1.65. The summed E-state index contributed by atoms with van der Waals surface area (Å²) in [6, 6.07) is 19.4. The Morgan fingerprint density at radius 2 is 1.85 bits per heavy atom. The van der Waals surface area contributed by atoms with Gasteiger partial charge in [-0.05, 0) is 23.1 Å². The summed E-state index contributed by atoms with van der Waals surface area (Å²) in [5, 5.41) is 3.84. The molecule has 2 fully saturated rings. The molecule has 6 nitrogen and oxygen atoms in total. The van der Waals surface area contributed by atoms with Gasteiger partial charge in [-0.1, -0.05) is 72.7 Å². The van der Waals surface area contributed by atoms with Gasteiger partial charge in [-0.15, -0.1) is 0 Å². The average Bonchev–Trinajstić information content (AvgIpc) is 3.45. The summed E-state index contributed by atoms with van der Waals surface area (Å²) in [7, 11) is 0. The number of benzene rings is 2. The molecule has 6 heteroatoms. The van der Waals surface area contributed by atoms with Crippen molar-refractivity contribution in [3.05, 3.63) is 82.2 Å². The Kier molecular flexibility index (Phi) is 4.15. The molecule has 2 aliphatic heterocycles. The summed E-state index contributed by atoms with van der Waals surface area (Å²) in [4.78, 5) is 17.8. The van der Waals surface area contributed by atoms with E-state index in [1.807, 2.05) is 72.5 Å². The smallest absolute Gasteiger partial charge is 0.261 e. The van der Waals surface area contributed by atoms with Crippen LogP contribution in [0.2, 0.25) is 0 Å². The minimum atomic E-state index is -0.884. The number of ether oxygens (including phenoxy) is 1. The Morgan fingerprint density at radius 3 is 2.46 bits per heavy atom. The van der Waals surface area contributed by atoms with Gasteiger partial charge in [0.25, 0.3) is 5.91 Å². The van der Waals surface area contributed by atoms with Crippen LogP contribution in [0.5, 0.6) is 0 Å². The van der Waals surface area contributed by atoms with Gasteiger partial charge in [-0.2, -0.15) is 0 Å². The highest BCUT2D eigenvalue weighted by atomic mass is 16.6. The lowest BCUT2D eigenvalue weighted by molar-refractivity contribution is -0.161. The Morgan fingerprint density at radius 1 is 1.19 bits per heavy atom. The van der Waals surface area contributed by atoms with E-state index < -0.39 is 5.60 Å². The van der Waals surface area contributed by atoms with E-state index in [1.165, 1.54) is 0 Å². The monoisotopic (exact) mass is 348 g/mol. The molecule has 132 valence electrons. The standard InChI is InChI=1S/C20H20N4O2/c1-2-16(22-23-21)18-20(26-18)17(15-11-7-4-8-12-15)24(19(20)25)13-14-9-5-3-6-10-14/h3-12,16-18H,2,13H2,1H3/t16-,17+,18-,20-/m1/s1. The molecule has 1 spiro atoms. The second kappa shape index (κ2) is 6.48. The normalized spacial score (nSPS) is 27.6. The van der Waals surface area contributed by atoms with Crippen LogP contribution in [0, 0.1) is 0 Å². The summed E-state index contributed by atoms with van der Waals surface area (Å²) in [6.45, 7) is 2.48. The van der Waals surface area contributed by atoms with Crippen LogP contribution < -0.4 is 0 Å². The van der Waals surface area contributed by atoms with Crippen molar-refractivity contribution in [2.24, 2.45) is 5.11 Å². The number of epoxide rings is 1. The Labute approximate surface area is 152 Å². The summed E-state index contributed by atoms with van der Waals surface area (Å²) in [5.41, 5.74) is 10.0. The molecule has 2 aliphatic rings. The van der Waals surface area contributed by atoms with Crippen LogP contribution in [-0.4, -0.2) is 28.6 Å². The molecular weight excluding hydrogens is 328 g/mol. The molecule has 0 aromatic heterocycles. The molecule has 0 N–H and O–H groups in total. The zero-order chi connectivity index (χ0) is 18.1. The first-order valence-electron chi connectivity index (χ1n) is 8.84. The largest absolute Gasteiger partial charge is 0.353 e. The third-order valence-corrected chi connectivity index (χ3v) is 5.28. The summed E-state index contributed by atoms with van der Waals surface area (Å²) < 4.78 is 5.94. The van der Waals surface area contributed by atoms with Crippen LogP contribution >= 0.6 is 0 Å². The number of rotatable bonds is 6. The minimum absolute atomic E-state index is 0.0215. The lowest BCUT2D eigenvalue weighted by Gasteiger charge is -2.47. The maximum absolute atomic E-state index is 13.0. The lowest BCUT2D eigenvalue weighted by atomic mass is 9.77. The van der Waals surface area contributed by atoms with Crippen molar-refractivity contribution in [1.82, 2.24) is 4.90 Å². The first-order valence-corrected chi connectivity index (χ1v) is 8.84. The first kappa shape index (κ1) is 16.6. The molecule has 26 heavy (non-hydrogen) atoms. The van der Waals surface area contributed by atoms with Crippen molar-refractivity contribution in [3.63, 3.8) is 0 Å². The van der Waals surface area contributed by atoms with Gasteiger partial charge in [0.05, 0.1) is 12.1 Å². The predicted molar refractivity (Wildman–Crippen MR) is 97.0 cm³/mol. The topological polar surface area (TPSA) is 81.6 Å². The van der Waals surface area contributed by atoms with E-state index in [-0.39, 0.29) is 24.1 Å². The Bertz CT molecular complexity index is 851. The molecule has 0 bridgehead atoms. The number of azide groups is 1. The maximum atomic E-state index is 13.0. The molecule has 0 saturated carbocycles. The van der Waals surface area contributed by atoms with Gasteiger partial charge in [0.1, 0.15) is 6.10 Å². The number of carbonyl (C=O) groups is 1. The van der Waals surface area contributed by atoms with Crippen molar-refractivity contribution in [2.75, 3.05) is 0 Å².